The minimum absolute atomic E-state index is 0.109. The number of carbonyl (C=O) groups is 1. The maximum atomic E-state index is 12.6. The number of para-hydroxylation sites is 1. The van der Waals surface area contributed by atoms with Crippen molar-refractivity contribution >= 4 is 39.9 Å². The molecule has 0 spiro atoms. The number of carbonyl (C=O) groups excluding carboxylic acids is 1. The number of hydrogen-bond acceptors (Lipinski definition) is 8. The van der Waals surface area contributed by atoms with Crippen molar-refractivity contribution in [1.82, 2.24) is 9.88 Å². The van der Waals surface area contributed by atoms with E-state index in [0.29, 0.717) is 37.4 Å². The largest absolute Gasteiger partial charge is 0.493 e. The number of hydrogen-bond donors (Lipinski definition) is 3. The molecular formula is C25H26N4O4S. The SMILES string of the molecule is N=CC(C=N)c1cc(OCC(=O)N2CCC(O)C2)c2nc(C3COc4ccccc4C3)sc2c1. The number of rotatable bonds is 7. The van der Waals surface area contributed by atoms with Gasteiger partial charge >= 0.3 is 0 Å². The van der Waals surface area contributed by atoms with Crippen LogP contribution in [0.1, 0.15) is 34.4 Å². The zero-order valence-corrected chi connectivity index (χ0v) is 19.4. The second-order valence-corrected chi connectivity index (χ2v) is 9.73. The molecule has 9 heteroatoms. The molecule has 1 fully saturated rings. The molecule has 1 saturated heterocycles. The molecule has 0 radical (unpaired) electrons. The van der Waals surface area contributed by atoms with Crippen molar-refractivity contribution < 1.29 is 19.4 Å². The molecule has 2 aromatic carbocycles. The lowest BCUT2D eigenvalue weighted by Crippen LogP contribution is -2.33. The van der Waals surface area contributed by atoms with Crippen LogP contribution in [0.15, 0.2) is 36.4 Å². The molecule has 1 amide bonds. The maximum absolute atomic E-state index is 12.6. The Hall–Kier alpha value is -3.30. The van der Waals surface area contributed by atoms with Crippen LogP contribution in [-0.2, 0) is 11.2 Å². The Kier molecular flexibility index (Phi) is 6.30. The molecule has 1 aromatic heterocycles. The summed E-state index contributed by atoms with van der Waals surface area (Å²) in [5.74, 6) is 0.827. The fourth-order valence-corrected chi connectivity index (χ4v) is 5.56. The van der Waals surface area contributed by atoms with E-state index in [-0.39, 0.29) is 18.4 Å². The van der Waals surface area contributed by atoms with Crippen molar-refractivity contribution in [1.29, 1.82) is 10.8 Å². The highest BCUT2D eigenvalue weighted by Gasteiger charge is 2.27. The van der Waals surface area contributed by atoms with E-state index in [1.165, 1.54) is 12.4 Å². The molecule has 8 nitrogen and oxygen atoms in total. The van der Waals surface area contributed by atoms with Gasteiger partial charge in [-0.3, -0.25) is 4.79 Å². The Bertz CT molecular complexity index is 1230. The van der Waals surface area contributed by atoms with Crippen LogP contribution in [0.3, 0.4) is 0 Å². The van der Waals surface area contributed by atoms with Gasteiger partial charge in [-0.1, -0.05) is 18.2 Å². The van der Waals surface area contributed by atoms with Gasteiger partial charge in [-0.15, -0.1) is 11.3 Å². The van der Waals surface area contributed by atoms with Crippen molar-refractivity contribution in [3.05, 3.63) is 52.5 Å². The number of thiazole rings is 1. The number of aliphatic hydroxyl groups is 1. The van der Waals surface area contributed by atoms with Crippen molar-refractivity contribution in [3.63, 3.8) is 0 Å². The first-order chi connectivity index (χ1) is 16.6. The quantitative estimate of drug-likeness (QED) is 0.450. The van der Waals surface area contributed by atoms with Gasteiger partial charge in [-0.25, -0.2) is 4.98 Å². The van der Waals surface area contributed by atoms with Crippen LogP contribution in [0.5, 0.6) is 11.5 Å². The molecule has 0 bridgehead atoms. The molecule has 176 valence electrons. The van der Waals surface area contributed by atoms with Crippen LogP contribution < -0.4 is 9.47 Å². The van der Waals surface area contributed by atoms with E-state index in [1.807, 2.05) is 24.3 Å². The number of nitrogens with one attached hydrogen (secondary N) is 2. The van der Waals surface area contributed by atoms with Gasteiger partial charge in [0.2, 0.25) is 0 Å². The summed E-state index contributed by atoms with van der Waals surface area (Å²) in [6.07, 6.45) is 3.35. The Morgan fingerprint density at radius 1 is 1.32 bits per heavy atom. The summed E-state index contributed by atoms with van der Waals surface area (Å²) in [5, 5.41) is 26.0. The molecule has 34 heavy (non-hydrogen) atoms. The average molecular weight is 479 g/mol. The van der Waals surface area contributed by atoms with E-state index < -0.39 is 12.0 Å². The third-order valence-corrected chi connectivity index (χ3v) is 7.50. The van der Waals surface area contributed by atoms with Crippen molar-refractivity contribution in [3.8, 4) is 11.5 Å². The van der Waals surface area contributed by atoms with E-state index in [2.05, 4.69) is 6.07 Å². The van der Waals surface area contributed by atoms with Crippen LogP contribution in [0.4, 0.5) is 0 Å². The van der Waals surface area contributed by atoms with Gasteiger partial charge < -0.3 is 30.3 Å². The van der Waals surface area contributed by atoms with E-state index in [9.17, 15) is 9.90 Å². The van der Waals surface area contributed by atoms with Crippen LogP contribution in [0.25, 0.3) is 10.2 Å². The van der Waals surface area contributed by atoms with E-state index >= 15 is 0 Å². The summed E-state index contributed by atoms with van der Waals surface area (Å²) in [7, 11) is 0. The minimum Gasteiger partial charge on any atom is -0.493 e. The van der Waals surface area contributed by atoms with Gasteiger partial charge in [0, 0.05) is 31.4 Å². The van der Waals surface area contributed by atoms with Gasteiger partial charge in [0.1, 0.15) is 22.0 Å². The monoisotopic (exact) mass is 478 g/mol. The molecule has 2 atom stereocenters. The molecule has 2 aliphatic heterocycles. The summed E-state index contributed by atoms with van der Waals surface area (Å²) < 4.78 is 12.8. The van der Waals surface area contributed by atoms with E-state index in [1.54, 1.807) is 22.3 Å². The molecular weight excluding hydrogens is 452 g/mol. The molecule has 0 aliphatic carbocycles. The molecule has 0 saturated carbocycles. The second-order valence-electron chi connectivity index (χ2n) is 8.67. The molecule has 3 aromatic rings. The summed E-state index contributed by atoms with van der Waals surface area (Å²) in [4.78, 5) is 19.1. The highest BCUT2D eigenvalue weighted by atomic mass is 32.1. The third kappa shape index (κ3) is 4.41. The summed E-state index contributed by atoms with van der Waals surface area (Å²) >= 11 is 1.56. The van der Waals surface area contributed by atoms with Gasteiger partial charge in [-0.05, 0) is 42.2 Å². The standard InChI is InChI=1S/C25H26N4O4S/c26-10-18(11-27)16-8-21(33-14-23(31)29-6-5-19(30)12-29)24-22(9-16)34-25(28-24)17-7-15-3-1-2-4-20(15)32-13-17/h1-4,8-11,17-19,26-27,30H,5-7,12-14H2. The van der Waals surface area contributed by atoms with Crippen LogP contribution in [0, 0.1) is 10.8 Å². The number of β-amino-alcohol motifs (C(OH)–C–C–N with tert-alkyl or cyclic N) is 1. The van der Waals surface area contributed by atoms with Gasteiger partial charge in [0.25, 0.3) is 5.91 Å². The summed E-state index contributed by atoms with van der Waals surface area (Å²) in [6.45, 7) is 1.23. The zero-order valence-electron chi connectivity index (χ0n) is 18.6. The third-order valence-electron chi connectivity index (χ3n) is 6.34. The maximum Gasteiger partial charge on any atom is 0.260 e. The molecule has 3 heterocycles. The molecule has 5 rings (SSSR count). The topological polar surface area (TPSA) is 120 Å². The normalized spacial score (nSPS) is 20.4. The van der Waals surface area contributed by atoms with E-state index in [4.69, 9.17) is 25.3 Å². The highest BCUT2D eigenvalue weighted by Crippen LogP contribution is 2.39. The zero-order chi connectivity index (χ0) is 23.7. The lowest BCUT2D eigenvalue weighted by molar-refractivity contribution is -0.132. The first kappa shape index (κ1) is 22.5. The highest BCUT2D eigenvalue weighted by molar-refractivity contribution is 7.18. The Morgan fingerprint density at radius 3 is 2.91 bits per heavy atom. The summed E-state index contributed by atoms with van der Waals surface area (Å²) in [6, 6.07) is 11.7. The number of ether oxygens (including phenoxy) is 2. The molecule has 3 N–H and O–H groups in total. The first-order valence-electron chi connectivity index (χ1n) is 11.3. The Morgan fingerprint density at radius 2 is 2.15 bits per heavy atom. The number of amides is 1. The second kappa shape index (κ2) is 9.52. The van der Waals surface area contributed by atoms with Gasteiger partial charge in [0.15, 0.2) is 6.61 Å². The van der Waals surface area contributed by atoms with E-state index in [0.717, 1.165) is 33.0 Å². The lowest BCUT2D eigenvalue weighted by Gasteiger charge is -2.23. The minimum atomic E-state index is -0.483. The fourth-order valence-electron chi connectivity index (χ4n) is 4.44. The summed E-state index contributed by atoms with van der Waals surface area (Å²) in [5.41, 5.74) is 2.57. The number of likely N-dealkylation sites (tertiary alicyclic amines) is 1. The van der Waals surface area contributed by atoms with Crippen LogP contribution in [0.2, 0.25) is 0 Å². The van der Waals surface area contributed by atoms with Crippen molar-refractivity contribution in [2.24, 2.45) is 0 Å². The van der Waals surface area contributed by atoms with Crippen molar-refractivity contribution in [2.75, 3.05) is 26.3 Å². The predicted octanol–water partition coefficient (Wildman–Crippen LogP) is 3.37. The molecule has 2 unspecified atom stereocenters. The fraction of sp³-hybridized carbons (Fsp3) is 0.360. The number of benzene rings is 2. The predicted molar refractivity (Wildman–Crippen MR) is 131 cm³/mol. The van der Waals surface area contributed by atoms with Gasteiger partial charge in [0.05, 0.1) is 23.3 Å². The smallest absolute Gasteiger partial charge is 0.260 e. The number of fused-ring (bicyclic) bond motifs is 2. The number of nitrogens with zero attached hydrogens (tertiary/aromatic N) is 2. The lowest BCUT2D eigenvalue weighted by atomic mass is 9.97. The van der Waals surface area contributed by atoms with Crippen molar-refractivity contribution in [2.45, 2.75) is 30.8 Å². The average Bonchev–Trinajstić information content (AvgIpc) is 3.49. The number of aliphatic hydroxyl groups excluding tert-OH is 1. The Labute approximate surface area is 201 Å². The van der Waals surface area contributed by atoms with Crippen LogP contribution in [-0.4, -0.2) is 65.7 Å². The van der Waals surface area contributed by atoms with Crippen LogP contribution >= 0.6 is 11.3 Å². The first-order valence-corrected chi connectivity index (χ1v) is 12.1. The van der Waals surface area contributed by atoms with Gasteiger partial charge in [-0.2, -0.15) is 0 Å². The Balaban J connectivity index is 1.44. The molecule has 2 aliphatic rings. The number of aromatic nitrogens is 1.